The number of nitrogens with two attached hydrogens (primary N) is 1. The van der Waals surface area contributed by atoms with E-state index in [9.17, 15) is 0 Å². The van der Waals surface area contributed by atoms with Gasteiger partial charge in [0.2, 0.25) is 0 Å². The number of quaternary nitrogens is 1. The Bertz CT molecular complexity index is 554. The van der Waals surface area contributed by atoms with Gasteiger partial charge in [-0.3, -0.25) is 0 Å². The van der Waals surface area contributed by atoms with Crippen molar-refractivity contribution in [1.82, 2.24) is 0 Å². The molecule has 0 amide bonds. The van der Waals surface area contributed by atoms with Gasteiger partial charge in [-0.15, -0.1) is 0 Å². The Morgan fingerprint density at radius 2 is 2.05 bits per heavy atom. The molecule has 0 atom stereocenters. The van der Waals surface area contributed by atoms with Gasteiger partial charge in [0, 0.05) is 5.56 Å². The van der Waals surface area contributed by atoms with Gasteiger partial charge in [0.15, 0.2) is 17.3 Å². The van der Waals surface area contributed by atoms with Crippen LogP contribution in [0.15, 0.2) is 34.9 Å². The first kappa shape index (κ1) is 12.4. The Hall–Kier alpha value is -1.65. The molecule has 0 fully saturated rings. The van der Waals surface area contributed by atoms with Gasteiger partial charge in [-0.25, -0.2) is 0 Å². The average molecular weight is 281 g/mol. The highest BCUT2D eigenvalue weighted by molar-refractivity contribution is 6.32. The van der Waals surface area contributed by atoms with Crippen LogP contribution in [0, 0.1) is 0 Å². The molecule has 1 aromatic carbocycles. The fourth-order valence-corrected chi connectivity index (χ4v) is 2.38. The maximum Gasteiger partial charge on any atom is 0.179 e. The minimum atomic E-state index is 0.552. The summed E-state index contributed by atoms with van der Waals surface area (Å²) < 4.78 is 16.3. The van der Waals surface area contributed by atoms with Crippen molar-refractivity contribution in [2.45, 2.75) is 13.1 Å². The molecule has 2 heterocycles. The molecule has 3 rings (SSSR count). The van der Waals surface area contributed by atoms with E-state index >= 15 is 0 Å². The smallest absolute Gasteiger partial charge is 0.179 e. The van der Waals surface area contributed by atoms with E-state index < -0.39 is 0 Å². The third-order valence-corrected chi connectivity index (χ3v) is 3.24. The fourth-order valence-electron chi connectivity index (χ4n) is 2.09. The van der Waals surface area contributed by atoms with Gasteiger partial charge in [-0.05, 0) is 24.3 Å². The van der Waals surface area contributed by atoms with E-state index in [2.05, 4.69) is 5.32 Å². The van der Waals surface area contributed by atoms with Crippen LogP contribution in [0.1, 0.15) is 11.3 Å². The van der Waals surface area contributed by atoms with E-state index in [1.807, 2.05) is 24.3 Å². The van der Waals surface area contributed by atoms with Crippen LogP contribution in [0.3, 0.4) is 0 Å². The second kappa shape index (κ2) is 5.55. The summed E-state index contributed by atoms with van der Waals surface area (Å²) in [6.45, 7) is 2.75. The minimum Gasteiger partial charge on any atom is -0.486 e. The summed E-state index contributed by atoms with van der Waals surface area (Å²) in [7, 11) is 0. The summed E-state index contributed by atoms with van der Waals surface area (Å²) in [5.74, 6) is 2.35. The molecule has 1 aliphatic heterocycles. The number of hydrogen-bond acceptors (Lipinski definition) is 3. The molecule has 0 unspecified atom stereocenters. The van der Waals surface area contributed by atoms with Gasteiger partial charge in [-0.1, -0.05) is 11.6 Å². The Labute approximate surface area is 116 Å². The predicted octanol–water partition coefficient (Wildman–Crippen LogP) is 1.97. The third-order valence-electron chi connectivity index (χ3n) is 2.96. The summed E-state index contributed by atoms with van der Waals surface area (Å²) in [6, 6.07) is 7.77. The molecular formula is C14H15ClNO3+. The van der Waals surface area contributed by atoms with Gasteiger partial charge in [0.1, 0.15) is 26.3 Å². The van der Waals surface area contributed by atoms with Gasteiger partial charge in [-0.2, -0.15) is 0 Å². The summed E-state index contributed by atoms with van der Waals surface area (Å²) in [5.41, 5.74) is 1.11. The Morgan fingerprint density at radius 3 is 2.89 bits per heavy atom. The fraction of sp³-hybridized carbons (Fsp3) is 0.286. The number of halogens is 1. The number of ether oxygens (including phenoxy) is 2. The largest absolute Gasteiger partial charge is 0.486 e. The number of hydrogen-bond donors (Lipinski definition) is 1. The van der Waals surface area contributed by atoms with Gasteiger partial charge < -0.3 is 19.2 Å². The first-order chi connectivity index (χ1) is 9.33. The number of furan rings is 1. The second-order valence-electron chi connectivity index (χ2n) is 4.38. The highest BCUT2D eigenvalue weighted by Crippen LogP contribution is 2.38. The Kier molecular flexibility index (Phi) is 3.62. The molecule has 0 bridgehead atoms. The van der Waals surface area contributed by atoms with Crippen LogP contribution in [0.4, 0.5) is 0 Å². The molecule has 5 heteroatoms. The number of fused-ring (bicyclic) bond motifs is 1. The van der Waals surface area contributed by atoms with Crippen LogP contribution in [-0.4, -0.2) is 13.2 Å². The van der Waals surface area contributed by atoms with Crippen molar-refractivity contribution in [2.75, 3.05) is 13.2 Å². The zero-order chi connectivity index (χ0) is 13.1. The molecular weight excluding hydrogens is 266 g/mol. The highest BCUT2D eigenvalue weighted by atomic mass is 35.5. The van der Waals surface area contributed by atoms with Crippen molar-refractivity contribution in [3.05, 3.63) is 46.9 Å². The Balaban J connectivity index is 1.66. The summed E-state index contributed by atoms with van der Waals surface area (Å²) >= 11 is 6.19. The lowest BCUT2D eigenvalue weighted by molar-refractivity contribution is -0.688. The molecule has 0 saturated carbocycles. The van der Waals surface area contributed by atoms with Crippen LogP contribution < -0.4 is 14.8 Å². The molecule has 100 valence electrons. The van der Waals surface area contributed by atoms with Crippen LogP contribution in [0.5, 0.6) is 11.5 Å². The molecule has 1 aliphatic rings. The zero-order valence-electron chi connectivity index (χ0n) is 10.4. The van der Waals surface area contributed by atoms with Crippen molar-refractivity contribution >= 4 is 11.6 Å². The maximum absolute atomic E-state index is 6.19. The topological polar surface area (TPSA) is 48.2 Å². The summed E-state index contributed by atoms with van der Waals surface area (Å²) in [5, 5.41) is 2.76. The molecule has 19 heavy (non-hydrogen) atoms. The molecule has 2 N–H and O–H groups in total. The third kappa shape index (κ3) is 2.85. The lowest BCUT2D eigenvalue weighted by atomic mass is 10.2. The normalized spacial score (nSPS) is 13.5. The van der Waals surface area contributed by atoms with E-state index in [1.165, 1.54) is 0 Å². The van der Waals surface area contributed by atoms with Crippen LogP contribution >= 0.6 is 11.6 Å². The van der Waals surface area contributed by atoms with Gasteiger partial charge in [0.05, 0.1) is 11.3 Å². The highest BCUT2D eigenvalue weighted by Gasteiger charge is 2.17. The molecule has 2 aromatic rings. The SMILES string of the molecule is Clc1cc(C[NH2+]Cc2ccco2)cc2c1OCCO2. The van der Waals surface area contributed by atoms with E-state index in [0.717, 1.165) is 30.2 Å². The monoisotopic (exact) mass is 280 g/mol. The first-order valence-electron chi connectivity index (χ1n) is 6.25. The molecule has 0 saturated heterocycles. The van der Waals surface area contributed by atoms with Crippen LogP contribution in [0.25, 0.3) is 0 Å². The average Bonchev–Trinajstić information content (AvgIpc) is 2.92. The second-order valence-corrected chi connectivity index (χ2v) is 4.79. The quantitative estimate of drug-likeness (QED) is 0.931. The van der Waals surface area contributed by atoms with E-state index in [1.54, 1.807) is 6.26 Å². The van der Waals surface area contributed by atoms with E-state index in [4.69, 9.17) is 25.5 Å². The number of benzene rings is 1. The maximum atomic E-state index is 6.19. The zero-order valence-corrected chi connectivity index (χ0v) is 11.2. The summed E-state index contributed by atoms with van der Waals surface area (Å²) in [6.07, 6.45) is 1.68. The number of rotatable bonds is 4. The molecule has 1 aromatic heterocycles. The lowest BCUT2D eigenvalue weighted by Gasteiger charge is -2.20. The van der Waals surface area contributed by atoms with Crippen molar-refractivity contribution in [3.8, 4) is 11.5 Å². The first-order valence-corrected chi connectivity index (χ1v) is 6.63. The summed E-state index contributed by atoms with van der Waals surface area (Å²) in [4.78, 5) is 0. The standard InChI is InChI=1S/C14H14ClNO3/c15-12-6-10(7-13-14(12)19-5-4-18-13)8-16-9-11-2-1-3-17-11/h1-3,6-7,16H,4-5,8-9H2/p+1. The Morgan fingerprint density at radius 1 is 1.16 bits per heavy atom. The molecule has 0 radical (unpaired) electrons. The van der Waals surface area contributed by atoms with Gasteiger partial charge in [0.25, 0.3) is 0 Å². The van der Waals surface area contributed by atoms with E-state index in [0.29, 0.717) is 24.0 Å². The van der Waals surface area contributed by atoms with Crippen molar-refractivity contribution < 1.29 is 19.2 Å². The van der Waals surface area contributed by atoms with Crippen molar-refractivity contribution in [1.29, 1.82) is 0 Å². The van der Waals surface area contributed by atoms with Crippen LogP contribution in [0.2, 0.25) is 5.02 Å². The predicted molar refractivity (Wildman–Crippen MR) is 70.5 cm³/mol. The van der Waals surface area contributed by atoms with E-state index in [-0.39, 0.29) is 0 Å². The van der Waals surface area contributed by atoms with Gasteiger partial charge >= 0.3 is 0 Å². The van der Waals surface area contributed by atoms with Crippen molar-refractivity contribution in [2.24, 2.45) is 0 Å². The lowest BCUT2D eigenvalue weighted by Crippen LogP contribution is -2.80. The minimum absolute atomic E-state index is 0.552. The van der Waals surface area contributed by atoms with Crippen LogP contribution in [-0.2, 0) is 13.1 Å². The molecule has 0 aliphatic carbocycles. The van der Waals surface area contributed by atoms with Crippen molar-refractivity contribution in [3.63, 3.8) is 0 Å². The molecule has 4 nitrogen and oxygen atoms in total. The molecule has 0 spiro atoms.